The molecule has 88 valence electrons. The van der Waals surface area contributed by atoms with Gasteiger partial charge >= 0.3 is 0 Å². The third kappa shape index (κ3) is 5.80. The average Bonchev–Trinajstić information content (AvgIpc) is 2.35. The van der Waals surface area contributed by atoms with Gasteiger partial charge in [-0.1, -0.05) is 13.8 Å². The molecule has 4 N–H and O–H groups in total. The Morgan fingerprint density at radius 2 is 1.53 bits per heavy atom. The second-order valence-corrected chi connectivity index (χ2v) is 2.11. The standard InChI is InChI=1S/C8H11NO2.C2H6.CH5N/c1-10-6-3-4-7(9)8(5-6)11-2;2*1-2/h3-5H,9H2,1-2H3;1-2H3;2H2,1H3. The lowest BCUT2D eigenvalue weighted by molar-refractivity contribution is 0.395. The van der Waals surface area contributed by atoms with Crippen molar-refractivity contribution in [1.29, 1.82) is 0 Å². The molecule has 0 saturated heterocycles. The van der Waals surface area contributed by atoms with Gasteiger partial charge in [-0.25, -0.2) is 0 Å². The summed E-state index contributed by atoms with van der Waals surface area (Å²) in [5.74, 6) is 1.39. The van der Waals surface area contributed by atoms with Crippen LogP contribution in [0.25, 0.3) is 0 Å². The van der Waals surface area contributed by atoms with Crippen molar-refractivity contribution in [2.24, 2.45) is 5.73 Å². The molecule has 1 aromatic rings. The molecule has 0 aromatic heterocycles. The Morgan fingerprint density at radius 1 is 1.00 bits per heavy atom. The van der Waals surface area contributed by atoms with Crippen LogP contribution in [0.5, 0.6) is 11.5 Å². The number of nitrogens with two attached hydrogens (primary N) is 2. The predicted octanol–water partition coefficient (Wildman–Crippen LogP) is 1.89. The van der Waals surface area contributed by atoms with Crippen LogP contribution in [0.1, 0.15) is 13.8 Å². The molecular weight excluding hydrogens is 192 g/mol. The van der Waals surface area contributed by atoms with Gasteiger partial charge in [-0.15, -0.1) is 0 Å². The summed E-state index contributed by atoms with van der Waals surface area (Å²) in [5, 5.41) is 0. The van der Waals surface area contributed by atoms with Gasteiger partial charge < -0.3 is 20.9 Å². The minimum absolute atomic E-state index is 0.619. The van der Waals surface area contributed by atoms with E-state index in [1.165, 1.54) is 7.05 Å². The normalized spacial score (nSPS) is 7.60. The molecule has 1 rings (SSSR count). The molecule has 15 heavy (non-hydrogen) atoms. The summed E-state index contributed by atoms with van der Waals surface area (Å²) < 4.78 is 9.96. The molecule has 0 fully saturated rings. The fourth-order valence-electron chi connectivity index (χ4n) is 0.818. The van der Waals surface area contributed by atoms with Gasteiger partial charge in [0.15, 0.2) is 0 Å². The lowest BCUT2D eigenvalue weighted by Gasteiger charge is -2.05. The van der Waals surface area contributed by atoms with E-state index in [0.717, 1.165) is 5.75 Å². The van der Waals surface area contributed by atoms with Crippen LogP contribution in [0.15, 0.2) is 18.2 Å². The summed E-state index contributed by atoms with van der Waals surface area (Å²) >= 11 is 0. The highest BCUT2D eigenvalue weighted by Gasteiger charge is 1.99. The maximum atomic E-state index is 5.57. The minimum Gasteiger partial charge on any atom is -0.497 e. The van der Waals surface area contributed by atoms with Crippen LogP contribution in [0, 0.1) is 0 Å². The van der Waals surface area contributed by atoms with Crippen molar-refractivity contribution >= 4 is 5.69 Å². The number of hydrogen-bond acceptors (Lipinski definition) is 4. The summed E-state index contributed by atoms with van der Waals surface area (Å²) in [7, 11) is 4.68. The number of hydrogen-bond donors (Lipinski definition) is 2. The fraction of sp³-hybridized carbons (Fsp3) is 0.455. The van der Waals surface area contributed by atoms with Crippen LogP contribution in [0.2, 0.25) is 0 Å². The number of anilines is 1. The molecule has 0 saturated carbocycles. The number of methoxy groups -OCH3 is 2. The average molecular weight is 214 g/mol. The highest BCUT2D eigenvalue weighted by atomic mass is 16.5. The lowest BCUT2D eigenvalue weighted by Crippen LogP contribution is -1.92. The van der Waals surface area contributed by atoms with Crippen LogP contribution in [0.4, 0.5) is 5.69 Å². The van der Waals surface area contributed by atoms with Gasteiger partial charge in [-0.3, -0.25) is 0 Å². The smallest absolute Gasteiger partial charge is 0.145 e. The molecule has 0 amide bonds. The highest BCUT2D eigenvalue weighted by Crippen LogP contribution is 2.25. The van der Waals surface area contributed by atoms with Gasteiger partial charge in [-0.05, 0) is 19.2 Å². The van der Waals surface area contributed by atoms with Crippen LogP contribution in [-0.4, -0.2) is 21.3 Å². The van der Waals surface area contributed by atoms with Crippen molar-refractivity contribution in [3.8, 4) is 11.5 Å². The van der Waals surface area contributed by atoms with E-state index < -0.39 is 0 Å². The van der Waals surface area contributed by atoms with Crippen molar-refractivity contribution in [1.82, 2.24) is 0 Å². The van der Waals surface area contributed by atoms with Gasteiger partial charge in [-0.2, -0.15) is 0 Å². The third-order valence-corrected chi connectivity index (χ3v) is 1.44. The molecule has 0 aliphatic carbocycles. The summed E-state index contributed by atoms with van der Waals surface area (Å²) in [4.78, 5) is 0. The Labute approximate surface area is 92.2 Å². The zero-order chi connectivity index (χ0) is 12.3. The van der Waals surface area contributed by atoms with Crippen molar-refractivity contribution in [2.45, 2.75) is 13.8 Å². The second kappa shape index (κ2) is 10.7. The van der Waals surface area contributed by atoms with E-state index in [4.69, 9.17) is 15.2 Å². The first kappa shape index (κ1) is 16.0. The van der Waals surface area contributed by atoms with E-state index >= 15 is 0 Å². The topological polar surface area (TPSA) is 70.5 Å². The zero-order valence-electron chi connectivity index (χ0n) is 10.2. The molecule has 0 unspecified atom stereocenters. The van der Waals surface area contributed by atoms with Gasteiger partial charge in [0.2, 0.25) is 0 Å². The van der Waals surface area contributed by atoms with Crippen LogP contribution in [0.3, 0.4) is 0 Å². The summed E-state index contributed by atoms with van der Waals surface area (Å²) in [6, 6.07) is 5.28. The van der Waals surface area contributed by atoms with E-state index in [1.54, 1.807) is 32.4 Å². The maximum Gasteiger partial charge on any atom is 0.145 e. The van der Waals surface area contributed by atoms with Gasteiger partial charge in [0.25, 0.3) is 0 Å². The van der Waals surface area contributed by atoms with E-state index in [2.05, 4.69) is 5.73 Å². The molecule has 0 radical (unpaired) electrons. The first-order valence-electron chi connectivity index (χ1n) is 4.83. The van der Waals surface area contributed by atoms with E-state index in [9.17, 15) is 0 Å². The molecule has 0 aliphatic rings. The summed E-state index contributed by atoms with van der Waals surface area (Å²) in [5.41, 5.74) is 10.7. The summed E-state index contributed by atoms with van der Waals surface area (Å²) in [6.07, 6.45) is 0. The SMILES string of the molecule is CC.CN.COc1ccc(N)c(OC)c1. The number of ether oxygens (including phenoxy) is 2. The molecular formula is C11H22N2O2. The highest BCUT2D eigenvalue weighted by molar-refractivity contribution is 5.55. The molecule has 0 spiro atoms. The van der Waals surface area contributed by atoms with Crippen molar-refractivity contribution in [3.05, 3.63) is 18.2 Å². The van der Waals surface area contributed by atoms with Crippen molar-refractivity contribution < 1.29 is 9.47 Å². The monoisotopic (exact) mass is 214 g/mol. The van der Waals surface area contributed by atoms with Gasteiger partial charge in [0.05, 0.1) is 19.9 Å². The zero-order valence-corrected chi connectivity index (χ0v) is 10.2. The Hall–Kier alpha value is -1.42. The number of nitrogen functional groups attached to an aromatic ring is 1. The van der Waals surface area contributed by atoms with E-state index in [0.29, 0.717) is 11.4 Å². The molecule has 1 aromatic carbocycles. The maximum absolute atomic E-state index is 5.57. The first-order chi connectivity index (χ1) is 7.27. The minimum atomic E-state index is 0.619. The second-order valence-electron chi connectivity index (χ2n) is 2.11. The van der Waals surface area contributed by atoms with E-state index in [-0.39, 0.29) is 0 Å². The van der Waals surface area contributed by atoms with Crippen LogP contribution in [-0.2, 0) is 0 Å². The largest absolute Gasteiger partial charge is 0.497 e. The Bertz CT molecular complexity index is 252. The predicted molar refractivity (Wildman–Crippen MR) is 65.4 cm³/mol. The van der Waals surface area contributed by atoms with Crippen molar-refractivity contribution in [3.63, 3.8) is 0 Å². The number of rotatable bonds is 2. The Balaban J connectivity index is 0. The van der Waals surface area contributed by atoms with Crippen LogP contribution >= 0.6 is 0 Å². The molecule has 4 heteroatoms. The Kier molecular flexibility index (Phi) is 11.4. The molecule has 0 aliphatic heterocycles. The first-order valence-corrected chi connectivity index (χ1v) is 4.83. The fourth-order valence-corrected chi connectivity index (χ4v) is 0.818. The van der Waals surface area contributed by atoms with Gasteiger partial charge in [0.1, 0.15) is 11.5 Å². The van der Waals surface area contributed by atoms with Crippen LogP contribution < -0.4 is 20.9 Å². The molecule has 0 heterocycles. The van der Waals surface area contributed by atoms with Gasteiger partial charge in [0, 0.05) is 6.07 Å². The number of benzene rings is 1. The molecule has 0 atom stereocenters. The molecule has 4 nitrogen and oxygen atoms in total. The quantitative estimate of drug-likeness (QED) is 0.737. The lowest BCUT2D eigenvalue weighted by atomic mass is 10.3. The molecule has 0 bridgehead atoms. The van der Waals surface area contributed by atoms with Crippen molar-refractivity contribution in [2.75, 3.05) is 27.0 Å². The third-order valence-electron chi connectivity index (χ3n) is 1.44. The van der Waals surface area contributed by atoms with E-state index in [1.807, 2.05) is 13.8 Å². The Morgan fingerprint density at radius 3 is 1.93 bits per heavy atom. The summed E-state index contributed by atoms with van der Waals surface area (Å²) in [6.45, 7) is 4.00.